The predicted molar refractivity (Wildman–Crippen MR) is 68.8 cm³/mol. The smallest absolute Gasteiger partial charge is 0.255 e. The van der Waals surface area contributed by atoms with Crippen LogP contribution >= 0.6 is 0 Å². The number of piperidine rings is 1. The van der Waals surface area contributed by atoms with E-state index in [0.717, 1.165) is 0 Å². The van der Waals surface area contributed by atoms with Crippen LogP contribution in [0.1, 0.15) is 35.7 Å². The van der Waals surface area contributed by atoms with Crippen molar-refractivity contribution < 1.29 is 19.5 Å². The van der Waals surface area contributed by atoms with E-state index in [1.807, 2.05) is 0 Å². The van der Waals surface area contributed by atoms with Crippen molar-refractivity contribution in [1.29, 1.82) is 0 Å². The number of hydrogen-bond acceptors (Lipinski definition) is 4. The summed E-state index contributed by atoms with van der Waals surface area (Å²) in [5, 5.41) is 11.8. The molecule has 1 atom stereocenters. The lowest BCUT2D eigenvalue weighted by atomic mass is 9.89. The Morgan fingerprint density at radius 2 is 2.05 bits per heavy atom. The van der Waals surface area contributed by atoms with Gasteiger partial charge in [0.1, 0.15) is 11.3 Å². The first-order valence-corrected chi connectivity index (χ1v) is 6.40. The fraction of sp³-hybridized carbons (Fsp3) is 0.357. The van der Waals surface area contributed by atoms with Gasteiger partial charge in [0.05, 0.1) is 0 Å². The molecule has 1 aromatic rings. The summed E-state index contributed by atoms with van der Waals surface area (Å²) >= 11 is 0. The highest BCUT2D eigenvalue weighted by Crippen LogP contribution is 2.35. The Morgan fingerprint density at radius 1 is 1.30 bits per heavy atom. The Balaban J connectivity index is 1.95. The normalized spacial score (nSPS) is 25.6. The van der Waals surface area contributed by atoms with Gasteiger partial charge in [-0.15, -0.1) is 0 Å². The van der Waals surface area contributed by atoms with Crippen molar-refractivity contribution in [2.45, 2.75) is 31.8 Å². The maximum absolute atomic E-state index is 12.4. The summed E-state index contributed by atoms with van der Waals surface area (Å²) in [7, 11) is 0. The molecule has 1 saturated heterocycles. The minimum absolute atomic E-state index is 0.0897. The van der Waals surface area contributed by atoms with Crippen LogP contribution in [0, 0.1) is 0 Å². The highest BCUT2D eigenvalue weighted by molar-refractivity contribution is 6.07. The van der Waals surface area contributed by atoms with Crippen molar-refractivity contribution in [3.63, 3.8) is 0 Å². The van der Waals surface area contributed by atoms with Gasteiger partial charge < -0.3 is 10.0 Å². The van der Waals surface area contributed by atoms with Gasteiger partial charge in [0.2, 0.25) is 5.91 Å². The zero-order valence-corrected chi connectivity index (χ0v) is 11.0. The summed E-state index contributed by atoms with van der Waals surface area (Å²) in [5.41, 5.74) is 0.161. The monoisotopic (exact) mass is 274 g/mol. The molecule has 6 nitrogen and oxygen atoms in total. The predicted octanol–water partition coefficient (Wildman–Crippen LogP) is 0.543. The van der Waals surface area contributed by atoms with Gasteiger partial charge in [-0.3, -0.25) is 19.7 Å². The average molecular weight is 274 g/mol. The van der Waals surface area contributed by atoms with Crippen LogP contribution in [0.25, 0.3) is 0 Å². The molecule has 2 heterocycles. The molecule has 6 heteroatoms. The lowest BCUT2D eigenvalue weighted by Crippen LogP contribution is -2.61. The second-order valence-corrected chi connectivity index (χ2v) is 5.38. The van der Waals surface area contributed by atoms with Gasteiger partial charge in [-0.2, -0.15) is 0 Å². The summed E-state index contributed by atoms with van der Waals surface area (Å²) in [5.74, 6) is -0.910. The van der Waals surface area contributed by atoms with Crippen LogP contribution in [0.4, 0.5) is 0 Å². The molecule has 1 fully saturated rings. The number of rotatable bonds is 1. The zero-order valence-electron chi connectivity index (χ0n) is 11.0. The molecule has 3 amide bonds. The molecule has 20 heavy (non-hydrogen) atoms. The maximum Gasteiger partial charge on any atom is 0.255 e. The van der Waals surface area contributed by atoms with Gasteiger partial charge in [-0.05, 0) is 37.1 Å². The molecule has 1 aromatic carbocycles. The van der Waals surface area contributed by atoms with Crippen LogP contribution in [0.2, 0.25) is 0 Å². The fourth-order valence-electron chi connectivity index (χ4n) is 2.76. The van der Waals surface area contributed by atoms with E-state index in [4.69, 9.17) is 0 Å². The van der Waals surface area contributed by atoms with Crippen LogP contribution < -0.4 is 5.32 Å². The van der Waals surface area contributed by atoms with Gasteiger partial charge in [0, 0.05) is 18.5 Å². The number of amides is 3. The third kappa shape index (κ3) is 1.68. The number of phenols is 1. The topological polar surface area (TPSA) is 86.7 Å². The Labute approximate surface area is 115 Å². The van der Waals surface area contributed by atoms with Gasteiger partial charge in [-0.1, -0.05) is 0 Å². The molecule has 2 N–H and O–H groups in total. The van der Waals surface area contributed by atoms with E-state index >= 15 is 0 Å². The lowest BCUT2D eigenvalue weighted by Gasteiger charge is -2.39. The van der Waals surface area contributed by atoms with Crippen molar-refractivity contribution in [3.05, 3.63) is 29.3 Å². The minimum Gasteiger partial charge on any atom is -0.508 e. The number of nitrogens with one attached hydrogen (secondary N) is 1. The molecule has 2 aliphatic heterocycles. The number of aromatic hydroxyl groups is 1. The third-order valence-corrected chi connectivity index (χ3v) is 4.07. The molecule has 3 rings (SSSR count). The summed E-state index contributed by atoms with van der Waals surface area (Å²) in [6.07, 6.45) is 0.525. The van der Waals surface area contributed by atoms with Crippen LogP contribution in [0.15, 0.2) is 18.2 Å². The molecule has 0 bridgehead atoms. The molecular formula is C14H14N2O4. The average Bonchev–Trinajstić information content (AvgIpc) is 2.72. The Morgan fingerprint density at radius 3 is 2.75 bits per heavy atom. The van der Waals surface area contributed by atoms with Crippen molar-refractivity contribution in [2.24, 2.45) is 0 Å². The van der Waals surface area contributed by atoms with Crippen LogP contribution in [0.3, 0.4) is 0 Å². The van der Waals surface area contributed by atoms with Gasteiger partial charge in [-0.25, -0.2) is 0 Å². The standard InChI is InChI=1S/C14H14N2O4/c1-14(5-4-11(18)15-13(14)20)16-7-8-6-9(17)2-3-10(8)12(16)19/h2-3,6,17H,4-5,7H2,1H3,(H,15,18,20). The fourth-order valence-corrected chi connectivity index (χ4v) is 2.76. The maximum atomic E-state index is 12.4. The molecule has 0 spiro atoms. The first kappa shape index (κ1) is 12.7. The number of hydrogen-bond donors (Lipinski definition) is 2. The lowest BCUT2D eigenvalue weighted by molar-refractivity contribution is -0.142. The third-order valence-electron chi connectivity index (χ3n) is 4.07. The molecule has 0 saturated carbocycles. The number of fused-ring (bicyclic) bond motifs is 1. The molecule has 0 radical (unpaired) electrons. The van der Waals surface area contributed by atoms with Crippen LogP contribution in [0.5, 0.6) is 5.75 Å². The number of imide groups is 1. The Hall–Kier alpha value is -2.37. The Bertz CT molecular complexity index is 640. The number of benzene rings is 1. The first-order chi connectivity index (χ1) is 9.41. The number of carbonyl (C=O) groups excluding carboxylic acids is 3. The number of carbonyl (C=O) groups is 3. The molecule has 0 aliphatic carbocycles. The van der Waals surface area contributed by atoms with Gasteiger partial charge >= 0.3 is 0 Å². The summed E-state index contributed by atoms with van der Waals surface area (Å²) in [6.45, 7) is 1.93. The van der Waals surface area contributed by atoms with E-state index in [2.05, 4.69) is 5.32 Å². The molecular weight excluding hydrogens is 260 g/mol. The summed E-state index contributed by atoms with van der Waals surface area (Å²) in [6, 6.07) is 4.54. The van der Waals surface area contributed by atoms with Gasteiger partial charge in [0.15, 0.2) is 0 Å². The van der Waals surface area contributed by atoms with Crippen LogP contribution in [-0.4, -0.2) is 33.3 Å². The van der Waals surface area contributed by atoms with E-state index in [9.17, 15) is 19.5 Å². The van der Waals surface area contributed by atoms with E-state index in [0.29, 0.717) is 17.5 Å². The van der Waals surface area contributed by atoms with Crippen molar-refractivity contribution in [1.82, 2.24) is 10.2 Å². The molecule has 1 unspecified atom stereocenters. The first-order valence-electron chi connectivity index (χ1n) is 6.40. The largest absolute Gasteiger partial charge is 0.508 e. The van der Waals surface area contributed by atoms with E-state index < -0.39 is 11.4 Å². The Kier molecular flexibility index (Phi) is 2.57. The summed E-state index contributed by atoms with van der Waals surface area (Å²) in [4.78, 5) is 37.2. The second kappa shape index (κ2) is 4.06. The van der Waals surface area contributed by atoms with Crippen molar-refractivity contribution in [2.75, 3.05) is 0 Å². The van der Waals surface area contributed by atoms with E-state index in [1.165, 1.54) is 17.0 Å². The highest BCUT2D eigenvalue weighted by atomic mass is 16.3. The quantitative estimate of drug-likeness (QED) is 0.732. The van der Waals surface area contributed by atoms with Crippen LogP contribution in [-0.2, 0) is 16.1 Å². The van der Waals surface area contributed by atoms with E-state index in [1.54, 1.807) is 13.0 Å². The minimum atomic E-state index is -1.03. The molecule has 0 aromatic heterocycles. The van der Waals surface area contributed by atoms with Crippen molar-refractivity contribution in [3.8, 4) is 5.75 Å². The van der Waals surface area contributed by atoms with Gasteiger partial charge in [0.25, 0.3) is 11.8 Å². The van der Waals surface area contributed by atoms with Crippen molar-refractivity contribution >= 4 is 17.7 Å². The molecule has 104 valence electrons. The number of nitrogens with zero attached hydrogens (tertiary/aromatic N) is 1. The van der Waals surface area contributed by atoms with E-state index in [-0.39, 0.29) is 30.5 Å². The highest BCUT2D eigenvalue weighted by Gasteiger charge is 2.48. The zero-order chi connectivity index (χ0) is 14.5. The molecule has 2 aliphatic rings. The second-order valence-electron chi connectivity index (χ2n) is 5.38. The number of phenolic OH excluding ortho intramolecular Hbond substituents is 1. The SMILES string of the molecule is CC1(N2Cc3cc(O)ccc3C2=O)CCC(=O)NC1=O. The summed E-state index contributed by atoms with van der Waals surface area (Å²) < 4.78 is 0.